The minimum atomic E-state index is -0.533. The minimum Gasteiger partial charge on any atom is -0.454 e. The maximum atomic E-state index is 12.4. The Kier molecular flexibility index (Phi) is 4.06. The Morgan fingerprint density at radius 3 is 2.52 bits per heavy atom. The molecule has 0 aromatic heterocycles. The van der Waals surface area contributed by atoms with Gasteiger partial charge in [0, 0.05) is 25.7 Å². The van der Waals surface area contributed by atoms with Gasteiger partial charge in [-0.3, -0.25) is 9.59 Å². The van der Waals surface area contributed by atoms with E-state index in [1.807, 2.05) is 30.3 Å². The number of Topliss-reactive ketones (excluding diaryl/α,β-unsaturated/α-hetero) is 1. The van der Waals surface area contributed by atoms with Crippen LogP contribution in [-0.4, -0.2) is 24.8 Å². The number of rotatable bonds is 3. The predicted molar refractivity (Wildman–Crippen MR) is 78.7 cm³/mol. The SMILES string of the molecule is O=C1CCC(C(=O)OC2(c3ccccc3)CCNCC2)C1. The summed E-state index contributed by atoms with van der Waals surface area (Å²) in [6.45, 7) is 1.68. The van der Waals surface area contributed by atoms with Gasteiger partial charge in [0.2, 0.25) is 0 Å². The van der Waals surface area contributed by atoms with Crippen molar-refractivity contribution in [1.29, 1.82) is 0 Å². The van der Waals surface area contributed by atoms with E-state index in [0.29, 0.717) is 19.3 Å². The predicted octanol–water partition coefficient (Wildman–Crippen LogP) is 2.18. The van der Waals surface area contributed by atoms with E-state index in [1.165, 1.54) is 0 Å². The van der Waals surface area contributed by atoms with Crippen molar-refractivity contribution >= 4 is 11.8 Å². The second-order valence-electron chi connectivity index (χ2n) is 6.01. The third-order valence-electron chi connectivity index (χ3n) is 4.59. The van der Waals surface area contributed by atoms with Gasteiger partial charge in [-0.2, -0.15) is 0 Å². The second-order valence-corrected chi connectivity index (χ2v) is 6.01. The number of hydrogen-bond acceptors (Lipinski definition) is 4. The maximum absolute atomic E-state index is 12.4. The number of hydrogen-bond donors (Lipinski definition) is 1. The Morgan fingerprint density at radius 2 is 1.90 bits per heavy atom. The lowest BCUT2D eigenvalue weighted by Crippen LogP contribution is -2.44. The molecule has 1 aromatic rings. The average Bonchev–Trinajstić information content (AvgIpc) is 2.96. The minimum absolute atomic E-state index is 0.177. The van der Waals surface area contributed by atoms with E-state index < -0.39 is 5.60 Å². The van der Waals surface area contributed by atoms with E-state index >= 15 is 0 Å². The summed E-state index contributed by atoms with van der Waals surface area (Å²) in [6, 6.07) is 9.98. The van der Waals surface area contributed by atoms with E-state index in [0.717, 1.165) is 31.5 Å². The van der Waals surface area contributed by atoms with Crippen molar-refractivity contribution in [2.75, 3.05) is 13.1 Å². The van der Waals surface area contributed by atoms with Crippen LogP contribution < -0.4 is 5.32 Å². The van der Waals surface area contributed by atoms with Gasteiger partial charge in [0.05, 0.1) is 5.92 Å². The van der Waals surface area contributed by atoms with Crippen LogP contribution >= 0.6 is 0 Å². The van der Waals surface area contributed by atoms with Gasteiger partial charge in [0.1, 0.15) is 11.4 Å². The first-order valence-corrected chi connectivity index (χ1v) is 7.70. The summed E-state index contributed by atoms with van der Waals surface area (Å²) in [6.07, 6.45) is 3.06. The van der Waals surface area contributed by atoms with Crippen molar-refractivity contribution in [3.63, 3.8) is 0 Å². The van der Waals surface area contributed by atoms with Crippen molar-refractivity contribution in [2.45, 2.75) is 37.7 Å². The molecule has 1 aliphatic carbocycles. The Hall–Kier alpha value is -1.68. The molecule has 0 spiro atoms. The van der Waals surface area contributed by atoms with Crippen LogP contribution in [0.1, 0.15) is 37.7 Å². The summed E-state index contributed by atoms with van der Waals surface area (Å²) in [5.74, 6) is -0.268. The molecule has 0 amide bonds. The molecule has 4 nitrogen and oxygen atoms in total. The molecule has 21 heavy (non-hydrogen) atoms. The fraction of sp³-hybridized carbons (Fsp3) is 0.529. The molecule has 1 aromatic carbocycles. The molecule has 1 unspecified atom stereocenters. The number of nitrogens with one attached hydrogen (secondary N) is 1. The number of piperidine rings is 1. The van der Waals surface area contributed by atoms with Gasteiger partial charge in [0.15, 0.2) is 0 Å². The van der Waals surface area contributed by atoms with E-state index in [2.05, 4.69) is 5.32 Å². The topological polar surface area (TPSA) is 55.4 Å². The molecule has 1 N–H and O–H groups in total. The fourth-order valence-corrected chi connectivity index (χ4v) is 3.31. The van der Waals surface area contributed by atoms with Crippen LogP contribution in [0.25, 0.3) is 0 Å². The highest BCUT2D eigenvalue weighted by molar-refractivity contribution is 5.88. The Morgan fingerprint density at radius 1 is 1.19 bits per heavy atom. The highest BCUT2D eigenvalue weighted by Gasteiger charge is 2.40. The molecule has 0 radical (unpaired) electrons. The lowest BCUT2D eigenvalue weighted by atomic mass is 9.84. The van der Waals surface area contributed by atoms with E-state index in [4.69, 9.17) is 4.74 Å². The van der Waals surface area contributed by atoms with Gasteiger partial charge in [-0.1, -0.05) is 30.3 Å². The summed E-state index contributed by atoms with van der Waals surface area (Å²) in [7, 11) is 0. The zero-order valence-corrected chi connectivity index (χ0v) is 12.1. The zero-order chi connectivity index (χ0) is 14.7. The van der Waals surface area contributed by atoms with E-state index in [-0.39, 0.29) is 17.7 Å². The molecule has 1 saturated carbocycles. The van der Waals surface area contributed by atoms with Crippen LogP contribution in [0, 0.1) is 5.92 Å². The number of carbonyl (C=O) groups excluding carboxylic acids is 2. The summed E-state index contributed by atoms with van der Waals surface area (Å²) < 4.78 is 5.97. The normalized spacial score (nSPS) is 24.8. The molecule has 1 aliphatic heterocycles. The molecular weight excluding hydrogens is 266 g/mol. The standard InChI is InChI=1S/C17H21NO3/c19-15-7-6-13(12-15)16(20)21-17(8-10-18-11-9-17)14-4-2-1-3-5-14/h1-5,13,18H,6-12H2. The smallest absolute Gasteiger partial charge is 0.310 e. The summed E-state index contributed by atoms with van der Waals surface area (Å²) in [5, 5.41) is 3.31. The number of ether oxygens (including phenoxy) is 1. The zero-order valence-electron chi connectivity index (χ0n) is 12.1. The van der Waals surface area contributed by atoms with Gasteiger partial charge < -0.3 is 10.1 Å². The fourth-order valence-electron chi connectivity index (χ4n) is 3.31. The van der Waals surface area contributed by atoms with Gasteiger partial charge in [-0.05, 0) is 25.1 Å². The molecular formula is C17H21NO3. The quantitative estimate of drug-likeness (QED) is 0.866. The Bertz CT molecular complexity index is 520. The molecule has 2 fully saturated rings. The van der Waals surface area contributed by atoms with Crippen LogP contribution in [0.4, 0.5) is 0 Å². The third-order valence-corrected chi connectivity index (χ3v) is 4.59. The second kappa shape index (κ2) is 5.98. The number of benzene rings is 1. The van der Waals surface area contributed by atoms with Gasteiger partial charge in [-0.15, -0.1) is 0 Å². The summed E-state index contributed by atoms with van der Waals surface area (Å²) in [4.78, 5) is 23.8. The van der Waals surface area contributed by atoms with Gasteiger partial charge in [0.25, 0.3) is 0 Å². The van der Waals surface area contributed by atoms with Crippen molar-refractivity contribution in [3.8, 4) is 0 Å². The van der Waals surface area contributed by atoms with Crippen LogP contribution in [0.2, 0.25) is 0 Å². The van der Waals surface area contributed by atoms with Crippen LogP contribution in [0.5, 0.6) is 0 Å². The van der Waals surface area contributed by atoms with Gasteiger partial charge >= 0.3 is 5.97 Å². The van der Waals surface area contributed by atoms with Crippen LogP contribution in [0.15, 0.2) is 30.3 Å². The number of carbonyl (C=O) groups is 2. The highest BCUT2D eigenvalue weighted by Crippen LogP contribution is 2.37. The average molecular weight is 287 g/mol. The largest absolute Gasteiger partial charge is 0.454 e. The lowest BCUT2D eigenvalue weighted by molar-refractivity contribution is -0.169. The molecule has 1 atom stereocenters. The number of esters is 1. The van der Waals surface area contributed by atoms with E-state index in [1.54, 1.807) is 0 Å². The molecule has 1 heterocycles. The first-order chi connectivity index (χ1) is 10.2. The van der Waals surface area contributed by atoms with Gasteiger partial charge in [-0.25, -0.2) is 0 Å². The maximum Gasteiger partial charge on any atom is 0.310 e. The molecule has 2 aliphatic rings. The molecule has 3 rings (SSSR count). The first-order valence-electron chi connectivity index (χ1n) is 7.70. The third kappa shape index (κ3) is 3.00. The molecule has 112 valence electrons. The first kappa shape index (κ1) is 14.3. The van der Waals surface area contributed by atoms with Crippen LogP contribution in [-0.2, 0) is 19.9 Å². The van der Waals surface area contributed by atoms with E-state index in [9.17, 15) is 9.59 Å². The summed E-state index contributed by atoms with van der Waals surface area (Å²) >= 11 is 0. The van der Waals surface area contributed by atoms with Crippen molar-refractivity contribution in [3.05, 3.63) is 35.9 Å². The van der Waals surface area contributed by atoms with Crippen molar-refractivity contribution in [1.82, 2.24) is 5.32 Å². The monoisotopic (exact) mass is 287 g/mol. The van der Waals surface area contributed by atoms with Crippen LogP contribution in [0.3, 0.4) is 0 Å². The molecule has 4 heteroatoms. The molecule has 0 bridgehead atoms. The Balaban J connectivity index is 1.80. The lowest BCUT2D eigenvalue weighted by Gasteiger charge is -2.38. The molecule has 1 saturated heterocycles. The summed E-state index contributed by atoms with van der Waals surface area (Å²) in [5.41, 5.74) is 0.527. The number of ketones is 1. The Labute approximate surface area is 124 Å². The highest BCUT2D eigenvalue weighted by atomic mass is 16.6. The van der Waals surface area contributed by atoms with Crippen molar-refractivity contribution < 1.29 is 14.3 Å². The van der Waals surface area contributed by atoms with Crippen molar-refractivity contribution in [2.24, 2.45) is 5.92 Å².